The molecule has 5 nitrogen and oxygen atoms in total. The van der Waals surface area contributed by atoms with Gasteiger partial charge in [-0.1, -0.05) is 19.1 Å². The van der Waals surface area contributed by atoms with Crippen molar-refractivity contribution in [3.05, 3.63) is 35.4 Å². The van der Waals surface area contributed by atoms with Gasteiger partial charge in [-0.15, -0.1) is 0 Å². The third kappa shape index (κ3) is 5.03. The van der Waals surface area contributed by atoms with Crippen LogP contribution in [0.4, 0.5) is 0 Å². The molecule has 1 fully saturated rings. The van der Waals surface area contributed by atoms with Crippen LogP contribution in [0.1, 0.15) is 29.3 Å². The molecule has 5 heteroatoms. The lowest BCUT2D eigenvalue weighted by Gasteiger charge is -2.41. The molecule has 2 rings (SSSR count). The molecule has 0 N–H and O–H groups in total. The Morgan fingerprint density at radius 2 is 2.12 bits per heavy atom. The van der Waals surface area contributed by atoms with Gasteiger partial charge in [0.1, 0.15) is 0 Å². The zero-order valence-corrected chi connectivity index (χ0v) is 15.5. The Balaban J connectivity index is 1.97. The van der Waals surface area contributed by atoms with Gasteiger partial charge in [0, 0.05) is 65.5 Å². The second-order valence-electron chi connectivity index (χ2n) is 6.73. The summed E-state index contributed by atoms with van der Waals surface area (Å²) in [5, 5.41) is 0. The van der Waals surface area contributed by atoms with Crippen LogP contribution in [0.5, 0.6) is 0 Å². The van der Waals surface area contributed by atoms with Gasteiger partial charge in [0.15, 0.2) is 0 Å². The van der Waals surface area contributed by atoms with Crippen molar-refractivity contribution >= 4 is 5.91 Å². The van der Waals surface area contributed by atoms with Gasteiger partial charge in [0.25, 0.3) is 5.91 Å². The highest BCUT2D eigenvalue weighted by Crippen LogP contribution is 2.16. The van der Waals surface area contributed by atoms with E-state index in [1.165, 1.54) is 5.56 Å². The molecule has 1 aliphatic rings. The molecule has 1 atom stereocenters. The van der Waals surface area contributed by atoms with Crippen molar-refractivity contribution in [3.8, 4) is 0 Å². The first-order chi connectivity index (χ1) is 11.5. The molecule has 134 valence electrons. The van der Waals surface area contributed by atoms with Gasteiger partial charge >= 0.3 is 0 Å². The molecule has 0 unspecified atom stereocenters. The molecular weight excluding hydrogens is 302 g/mol. The second-order valence-corrected chi connectivity index (χ2v) is 6.73. The van der Waals surface area contributed by atoms with Crippen LogP contribution in [0.15, 0.2) is 24.3 Å². The Morgan fingerprint density at radius 1 is 1.33 bits per heavy atom. The van der Waals surface area contributed by atoms with Gasteiger partial charge in [-0.25, -0.2) is 0 Å². The molecule has 0 saturated carbocycles. The molecular formula is C19H31N3O2. The summed E-state index contributed by atoms with van der Waals surface area (Å²) in [5.41, 5.74) is 1.98. The van der Waals surface area contributed by atoms with Crippen LogP contribution in [-0.4, -0.2) is 80.6 Å². The van der Waals surface area contributed by atoms with Gasteiger partial charge in [-0.05, 0) is 24.1 Å². The normalized spacial score (nSPS) is 19.4. The van der Waals surface area contributed by atoms with E-state index >= 15 is 0 Å². The van der Waals surface area contributed by atoms with E-state index in [1.54, 1.807) is 26.1 Å². The van der Waals surface area contributed by atoms with Gasteiger partial charge in [0.05, 0.1) is 6.61 Å². The minimum absolute atomic E-state index is 0.0627. The molecule has 1 heterocycles. The maximum absolute atomic E-state index is 12.1. The molecule has 1 aliphatic heterocycles. The van der Waals surface area contributed by atoms with Crippen LogP contribution in [0.3, 0.4) is 0 Å². The van der Waals surface area contributed by atoms with Crippen LogP contribution < -0.4 is 0 Å². The van der Waals surface area contributed by atoms with E-state index in [0.717, 1.165) is 51.3 Å². The van der Waals surface area contributed by atoms with Crippen molar-refractivity contribution in [3.63, 3.8) is 0 Å². The number of hydrogen-bond acceptors (Lipinski definition) is 4. The molecule has 1 aromatic rings. The van der Waals surface area contributed by atoms with E-state index in [4.69, 9.17) is 4.74 Å². The summed E-state index contributed by atoms with van der Waals surface area (Å²) in [6.45, 7) is 8.19. The SMILES string of the molecule is CC[C@@H]1CN(Cc2cccc(C(=O)N(C)C)c2)CCN1CCOC. The highest BCUT2D eigenvalue weighted by atomic mass is 16.5. The van der Waals surface area contributed by atoms with E-state index in [-0.39, 0.29) is 5.91 Å². The monoisotopic (exact) mass is 333 g/mol. The number of benzene rings is 1. The van der Waals surface area contributed by atoms with Crippen molar-refractivity contribution in [1.82, 2.24) is 14.7 Å². The maximum atomic E-state index is 12.1. The predicted molar refractivity (Wildman–Crippen MR) is 97.3 cm³/mol. The number of methoxy groups -OCH3 is 1. The summed E-state index contributed by atoms with van der Waals surface area (Å²) >= 11 is 0. The third-order valence-corrected chi connectivity index (χ3v) is 4.73. The first-order valence-corrected chi connectivity index (χ1v) is 8.81. The Kier molecular flexibility index (Phi) is 7.21. The fourth-order valence-corrected chi connectivity index (χ4v) is 3.31. The smallest absolute Gasteiger partial charge is 0.253 e. The molecule has 1 aromatic carbocycles. The Hall–Kier alpha value is -1.43. The summed E-state index contributed by atoms with van der Waals surface area (Å²) in [6, 6.07) is 8.60. The average Bonchev–Trinajstić information content (AvgIpc) is 2.60. The predicted octanol–water partition coefficient (Wildman–Crippen LogP) is 1.93. The highest BCUT2D eigenvalue weighted by molar-refractivity contribution is 5.94. The van der Waals surface area contributed by atoms with Crippen LogP contribution in [0.25, 0.3) is 0 Å². The lowest BCUT2D eigenvalue weighted by atomic mass is 10.1. The summed E-state index contributed by atoms with van der Waals surface area (Å²) in [5.74, 6) is 0.0627. The molecule has 0 aliphatic carbocycles. The average molecular weight is 333 g/mol. The van der Waals surface area contributed by atoms with Crippen molar-refractivity contribution in [2.45, 2.75) is 25.9 Å². The maximum Gasteiger partial charge on any atom is 0.253 e. The topological polar surface area (TPSA) is 36.0 Å². The number of ether oxygens (including phenoxy) is 1. The minimum Gasteiger partial charge on any atom is -0.383 e. The lowest BCUT2D eigenvalue weighted by Crippen LogP contribution is -2.53. The minimum atomic E-state index is 0.0627. The fourth-order valence-electron chi connectivity index (χ4n) is 3.31. The summed E-state index contributed by atoms with van der Waals surface area (Å²) < 4.78 is 5.22. The standard InChI is InChI=1S/C19H31N3O2/c1-5-18-15-21(9-10-22(18)11-12-24-4)14-16-7-6-8-17(13-16)19(23)20(2)3/h6-8,13,18H,5,9-12,14-15H2,1-4H3/t18-/m1/s1. The number of amides is 1. The quantitative estimate of drug-likeness (QED) is 0.764. The van der Waals surface area contributed by atoms with Crippen molar-refractivity contribution in [2.24, 2.45) is 0 Å². The van der Waals surface area contributed by atoms with Crippen LogP contribution in [0.2, 0.25) is 0 Å². The fraction of sp³-hybridized carbons (Fsp3) is 0.632. The van der Waals surface area contributed by atoms with Gasteiger partial charge in [-0.2, -0.15) is 0 Å². The molecule has 0 radical (unpaired) electrons. The molecule has 24 heavy (non-hydrogen) atoms. The van der Waals surface area contributed by atoms with Crippen molar-refractivity contribution in [1.29, 1.82) is 0 Å². The first kappa shape index (κ1) is 18.9. The second kappa shape index (κ2) is 9.16. The summed E-state index contributed by atoms with van der Waals surface area (Å²) in [4.78, 5) is 18.8. The Labute approximate surface area is 146 Å². The van der Waals surface area contributed by atoms with E-state index in [0.29, 0.717) is 6.04 Å². The Morgan fingerprint density at radius 3 is 2.79 bits per heavy atom. The van der Waals surface area contributed by atoms with E-state index in [1.807, 2.05) is 18.2 Å². The zero-order valence-electron chi connectivity index (χ0n) is 15.5. The number of carbonyl (C=O) groups is 1. The van der Waals surface area contributed by atoms with Crippen molar-refractivity contribution in [2.75, 3.05) is 54.0 Å². The number of piperazine rings is 1. The number of hydrogen-bond donors (Lipinski definition) is 0. The molecule has 0 bridgehead atoms. The summed E-state index contributed by atoms with van der Waals surface area (Å²) in [6.07, 6.45) is 1.15. The largest absolute Gasteiger partial charge is 0.383 e. The van der Waals surface area contributed by atoms with Crippen LogP contribution in [-0.2, 0) is 11.3 Å². The van der Waals surface area contributed by atoms with Gasteiger partial charge in [-0.3, -0.25) is 14.6 Å². The number of rotatable bonds is 7. The van der Waals surface area contributed by atoms with Gasteiger partial charge < -0.3 is 9.64 Å². The number of nitrogens with zero attached hydrogens (tertiary/aromatic N) is 3. The lowest BCUT2D eigenvalue weighted by molar-refractivity contribution is 0.0465. The zero-order chi connectivity index (χ0) is 17.5. The third-order valence-electron chi connectivity index (χ3n) is 4.73. The number of carbonyl (C=O) groups excluding carboxylic acids is 1. The molecule has 1 amide bonds. The van der Waals surface area contributed by atoms with E-state index in [9.17, 15) is 4.79 Å². The van der Waals surface area contributed by atoms with Crippen LogP contribution >= 0.6 is 0 Å². The van der Waals surface area contributed by atoms with E-state index in [2.05, 4.69) is 22.8 Å². The molecule has 1 saturated heterocycles. The van der Waals surface area contributed by atoms with Gasteiger partial charge in [0.2, 0.25) is 0 Å². The van der Waals surface area contributed by atoms with E-state index < -0.39 is 0 Å². The highest BCUT2D eigenvalue weighted by Gasteiger charge is 2.25. The van der Waals surface area contributed by atoms with Crippen molar-refractivity contribution < 1.29 is 9.53 Å². The summed E-state index contributed by atoms with van der Waals surface area (Å²) in [7, 11) is 5.35. The Bertz CT molecular complexity index is 533. The molecule has 0 aromatic heterocycles. The van der Waals surface area contributed by atoms with Crippen LogP contribution in [0, 0.1) is 0 Å². The molecule has 0 spiro atoms. The first-order valence-electron chi connectivity index (χ1n) is 8.81.